The van der Waals surface area contributed by atoms with Gasteiger partial charge in [-0.3, -0.25) is 33.9 Å². The molecule has 0 saturated carbocycles. The molecule has 144 valence electrons. The summed E-state index contributed by atoms with van der Waals surface area (Å²) in [6.45, 7) is 5.29. The molecule has 0 aliphatic carbocycles. The predicted molar refractivity (Wildman–Crippen MR) is 94.8 cm³/mol. The highest BCUT2D eigenvalue weighted by Gasteiger charge is 2.25. The van der Waals surface area contributed by atoms with Gasteiger partial charge in [-0.05, 0) is 0 Å². The van der Waals surface area contributed by atoms with Crippen molar-refractivity contribution in [2.24, 2.45) is 5.50 Å². The molecule has 1 rings (SSSR count). The van der Waals surface area contributed by atoms with Crippen molar-refractivity contribution in [3.05, 3.63) is 0 Å². The normalized spacial score (nSPS) is 27.2. The van der Waals surface area contributed by atoms with Crippen LogP contribution in [0.15, 0.2) is 0 Å². The van der Waals surface area contributed by atoms with Gasteiger partial charge in [0.15, 0.2) is 0 Å². The molecule has 0 aromatic rings. The van der Waals surface area contributed by atoms with Gasteiger partial charge in [0.1, 0.15) is 0 Å². The van der Waals surface area contributed by atoms with E-state index in [0.29, 0.717) is 39.3 Å². The summed E-state index contributed by atoms with van der Waals surface area (Å²) < 4.78 is 34.9. The highest BCUT2D eigenvalue weighted by Crippen LogP contribution is 2.37. The van der Waals surface area contributed by atoms with E-state index in [-0.39, 0.29) is 18.9 Å². The van der Waals surface area contributed by atoms with Crippen LogP contribution in [0.25, 0.3) is 0 Å². The van der Waals surface area contributed by atoms with E-state index in [0.717, 1.165) is 0 Å². The maximum Gasteiger partial charge on any atom is 0.278 e. The Morgan fingerprint density at radius 3 is 1.17 bits per heavy atom. The van der Waals surface area contributed by atoms with E-state index < -0.39 is 22.3 Å². The zero-order valence-electron chi connectivity index (χ0n) is 14.2. The topological polar surface area (TPSA) is 148 Å². The van der Waals surface area contributed by atoms with Crippen molar-refractivity contribution in [1.29, 1.82) is 0 Å². The van der Waals surface area contributed by atoms with Gasteiger partial charge in [-0.25, -0.2) is 0 Å². The van der Waals surface area contributed by atoms with Gasteiger partial charge < -0.3 is 14.7 Å². The third-order valence-electron chi connectivity index (χ3n) is 3.52. The Kier molecular flexibility index (Phi) is 8.30. The Bertz CT molecular complexity index is 456. The molecule has 0 aromatic heterocycles. The fourth-order valence-corrected chi connectivity index (χ4v) is 5.54. The van der Waals surface area contributed by atoms with Crippen LogP contribution in [-0.4, -0.2) is 101 Å². The average molecular weight is 406 g/mol. The predicted octanol–water partition coefficient (Wildman–Crippen LogP) is -0.277. The van der Waals surface area contributed by atoms with Crippen LogP contribution in [0.1, 0.15) is 0 Å². The highest BCUT2D eigenvalue weighted by molar-refractivity contribution is 7.57. The van der Waals surface area contributed by atoms with E-state index in [9.17, 15) is 28.4 Å². The van der Waals surface area contributed by atoms with Crippen molar-refractivity contribution in [3.8, 4) is 0 Å². The molecule has 1 aliphatic heterocycles. The van der Waals surface area contributed by atoms with Crippen LogP contribution in [0.5, 0.6) is 0 Å². The minimum absolute atomic E-state index is 0.0109. The van der Waals surface area contributed by atoms with Gasteiger partial charge in [0.25, 0.3) is 7.52 Å². The Hall–Kier alpha value is 0.410. The van der Waals surface area contributed by atoms with E-state index in [1.165, 1.54) is 13.3 Å². The van der Waals surface area contributed by atoms with E-state index >= 15 is 0 Å². The smallest absolute Gasteiger partial charge is 0.278 e. The minimum Gasteiger partial charge on any atom is -0.344 e. The average Bonchev–Trinajstić information content (AvgIpc) is 2.39. The van der Waals surface area contributed by atoms with Crippen LogP contribution in [0.2, 0.25) is 0 Å². The quantitative estimate of drug-likeness (QED) is 0.434. The van der Waals surface area contributed by atoms with Crippen molar-refractivity contribution >= 4 is 22.3 Å². The molecule has 0 radical (unpaired) electrons. The van der Waals surface area contributed by atoms with Gasteiger partial charge in [0.2, 0.25) is 14.7 Å². The molecular weight excluding hydrogens is 377 g/mol. The molecule has 3 atom stereocenters. The summed E-state index contributed by atoms with van der Waals surface area (Å²) in [5, 5.41) is 0. The lowest BCUT2D eigenvalue weighted by Crippen LogP contribution is -2.37. The van der Waals surface area contributed by atoms with Gasteiger partial charge in [0.05, 0.1) is 18.9 Å². The second kappa shape index (κ2) is 8.87. The van der Waals surface area contributed by atoms with E-state index in [1.54, 1.807) is 14.7 Å². The Morgan fingerprint density at radius 2 is 0.958 bits per heavy atom. The second-order valence-corrected chi connectivity index (χ2v) is 13.2. The molecule has 0 bridgehead atoms. The van der Waals surface area contributed by atoms with Crippen molar-refractivity contribution in [1.82, 2.24) is 14.7 Å². The summed E-state index contributed by atoms with van der Waals surface area (Å²) in [6.07, 6.45) is -0.158. The van der Waals surface area contributed by atoms with E-state index in [4.69, 9.17) is 5.50 Å². The van der Waals surface area contributed by atoms with Crippen LogP contribution in [0, 0.1) is 0 Å². The molecular formula is C11H29N4O6P3. The second-order valence-electron chi connectivity index (χ2n) is 6.64. The number of nitrogens with zero attached hydrogens (tertiary/aromatic N) is 3. The number of rotatable bonds is 6. The van der Waals surface area contributed by atoms with Gasteiger partial charge in [-0.2, -0.15) is 0 Å². The maximum absolute atomic E-state index is 11.7. The number of nitrogens with two attached hydrogens (primary N) is 1. The molecule has 5 N–H and O–H groups in total. The maximum atomic E-state index is 11.7. The molecule has 3 unspecified atom stereocenters. The van der Waals surface area contributed by atoms with Crippen molar-refractivity contribution in [2.75, 3.05) is 71.5 Å². The van der Waals surface area contributed by atoms with Crippen LogP contribution >= 0.6 is 22.3 Å². The third-order valence-corrected chi connectivity index (χ3v) is 6.18. The minimum atomic E-state index is -3.72. The Morgan fingerprint density at radius 1 is 0.708 bits per heavy atom. The van der Waals surface area contributed by atoms with E-state index in [1.807, 2.05) is 0 Å². The van der Waals surface area contributed by atoms with Crippen LogP contribution in [0.3, 0.4) is 0 Å². The molecule has 0 spiro atoms. The molecule has 1 saturated heterocycles. The summed E-state index contributed by atoms with van der Waals surface area (Å²) in [5.74, 6) is 0. The van der Waals surface area contributed by atoms with Gasteiger partial charge >= 0.3 is 0 Å². The number of hydrogen-bond donors (Lipinski definition) is 4. The van der Waals surface area contributed by atoms with E-state index in [2.05, 4.69) is 0 Å². The summed E-state index contributed by atoms with van der Waals surface area (Å²) in [5.41, 5.74) is 5.24. The van der Waals surface area contributed by atoms with Crippen LogP contribution in [0.4, 0.5) is 0 Å². The lowest BCUT2D eigenvalue weighted by atomic mass is 10.5. The molecule has 1 aliphatic rings. The standard InChI is InChI=1S/C11H29N4O6P3/c1-22(16,17)9-13-3-4-14(10-23(2,18)19)6-8-15(7-5-13)11-24(12,20)21/h3-11H2,1-2H3,(H,16,17)(H,18,19)(H3,12,20,21). The lowest BCUT2D eigenvalue weighted by molar-refractivity contribution is 0.248. The number of hydrogen-bond acceptors (Lipinski definition) is 6. The Balaban J connectivity index is 2.84. The monoisotopic (exact) mass is 406 g/mol. The van der Waals surface area contributed by atoms with Gasteiger partial charge in [0, 0.05) is 52.6 Å². The first kappa shape index (κ1) is 22.5. The zero-order valence-corrected chi connectivity index (χ0v) is 16.9. The zero-order chi connectivity index (χ0) is 18.6. The summed E-state index contributed by atoms with van der Waals surface area (Å²) in [7, 11) is -10.2. The largest absolute Gasteiger partial charge is 0.344 e. The van der Waals surface area contributed by atoms with Crippen molar-refractivity contribution in [3.63, 3.8) is 0 Å². The Labute approximate surface area is 143 Å². The fourth-order valence-electron chi connectivity index (χ4n) is 2.64. The molecule has 1 heterocycles. The first-order valence-corrected chi connectivity index (χ1v) is 14.1. The molecule has 24 heavy (non-hydrogen) atoms. The summed E-state index contributed by atoms with van der Waals surface area (Å²) in [4.78, 5) is 33.9. The fraction of sp³-hybridized carbons (Fsp3) is 1.00. The lowest BCUT2D eigenvalue weighted by Gasteiger charge is -2.26. The van der Waals surface area contributed by atoms with Crippen molar-refractivity contribution < 1.29 is 28.4 Å². The van der Waals surface area contributed by atoms with Gasteiger partial charge in [-0.1, -0.05) is 0 Å². The third kappa shape index (κ3) is 11.1. The SMILES string of the molecule is CP(=O)(O)CN1CCN(CP(C)(=O)O)CCN(CP(N)(=O)O)CC1. The molecule has 10 nitrogen and oxygen atoms in total. The van der Waals surface area contributed by atoms with Crippen molar-refractivity contribution in [2.45, 2.75) is 0 Å². The first-order valence-electron chi connectivity index (χ1n) is 7.60. The highest BCUT2D eigenvalue weighted by atomic mass is 31.2. The summed E-state index contributed by atoms with van der Waals surface area (Å²) in [6, 6.07) is 0. The summed E-state index contributed by atoms with van der Waals surface area (Å²) >= 11 is 0. The first-order chi connectivity index (χ1) is 10.7. The molecule has 13 heteroatoms. The molecule has 0 aromatic carbocycles. The molecule has 0 amide bonds. The molecule has 1 fully saturated rings. The van der Waals surface area contributed by atoms with Crippen LogP contribution < -0.4 is 5.50 Å². The van der Waals surface area contributed by atoms with Crippen LogP contribution in [-0.2, 0) is 13.7 Å². The van der Waals surface area contributed by atoms with Gasteiger partial charge in [-0.15, -0.1) is 0 Å².